The van der Waals surface area contributed by atoms with Crippen LogP contribution in [0.3, 0.4) is 0 Å². The quantitative estimate of drug-likeness (QED) is 0.829. The lowest BCUT2D eigenvalue weighted by atomic mass is 9.78. The summed E-state index contributed by atoms with van der Waals surface area (Å²) in [5.74, 6) is 0.219. The zero-order valence-electron chi connectivity index (χ0n) is 10.5. The van der Waals surface area contributed by atoms with Crippen LogP contribution in [0.1, 0.15) is 44.9 Å². The van der Waals surface area contributed by atoms with Gasteiger partial charge in [0.2, 0.25) is 10.0 Å². The van der Waals surface area contributed by atoms with Crippen molar-refractivity contribution in [1.29, 1.82) is 0 Å². The second-order valence-electron chi connectivity index (χ2n) is 5.56. The van der Waals surface area contributed by atoms with Crippen LogP contribution >= 0.6 is 0 Å². The van der Waals surface area contributed by atoms with E-state index in [4.69, 9.17) is 5.73 Å². The first-order valence-corrected chi connectivity index (χ1v) is 8.37. The third-order valence-electron chi connectivity index (χ3n) is 4.45. The molecule has 1 aliphatic heterocycles. The maximum Gasteiger partial charge on any atom is 0.214 e. The minimum Gasteiger partial charge on any atom is -0.330 e. The molecule has 0 aromatic rings. The Balaban J connectivity index is 1.90. The molecule has 17 heavy (non-hydrogen) atoms. The largest absolute Gasteiger partial charge is 0.330 e. The minimum atomic E-state index is -3.04. The van der Waals surface area contributed by atoms with Gasteiger partial charge in [0.05, 0.1) is 5.75 Å². The van der Waals surface area contributed by atoms with Crippen molar-refractivity contribution in [1.82, 2.24) is 4.31 Å². The normalized spacial score (nSPS) is 25.5. The molecule has 2 fully saturated rings. The molecule has 1 heterocycles. The first-order chi connectivity index (χ1) is 8.08. The highest BCUT2D eigenvalue weighted by Gasteiger charge is 2.39. The molecule has 0 aromatic carbocycles. The zero-order chi connectivity index (χ0) is 12.4. The van der Waals surface area contributed by atoms with Crippen LogP contribution in [0.2, 0.25) is 0 Å². The van der Waals surface area contributed by atoms with Crippen molar-refractivity contribution >= 4 is 10.0 Å². The minimum absolute atomic E-state index is 0.219. The Hall–Kier alpha value is -0.130. The predicted molar refractivity (Wildman–Crippen MR) is 69.2 cm³/mol. The molecule has 2 rings (SSSR count). The number of piperidine rings is 1. The number of sulfonamides is 1. The number of nitrogens with zero attached hydrogens (tertiary/aromatic N) is 1. The molecule has 100 valence electrons. The van der Waals surface area contributed by atoms with Gasteiger partial charge in [0.1, 0.15) is 0 Å². The second-order valence-corrected chi connectivity index (χ2v) is 7.65. The number of nitrogens with two attached hydrogens (primary N) is 1. The van der Waals surface area contributed by atoms with E-state index in [2.05, 4.69) is 0 Å². The van der Waals surface area contributed by atoms with Gasteiger partial charge >= 0.3 is 0 Å². The van der Waals surface area contributed by atoms with Crippen LogP contribution in [0, 0.1) is 5.41 Å². The van der Waals surface area contributed by atoms with Gasteiger partial charge in [-0.3, -0.25) is 0 Å². The molecule has 1 saturated heterocycles. The van der Waals surface area contributed by atoms with E-state index in [9.17, 15) is 8.42 Å². The molecule has 1 saturated carbocycles. The zero-order valence-corrected chi connectivity index (χ0v) is 11.3. The van der Waals surface area contributed by atoms with Crippen molar-refractivity contribution in [2.24, 2.45) is 11.1 Å². The number of hydrogen-bond donors (Lipinski definition) is 1. The first kappa shape index (κ1) is 13.3. The lowest BCUT2D eigenvalue weighted by Crippen LogP contribution is -2.43. The molecule has 0 atom stereocenters. The molecule has 1 spiro atoms. The fourth-order valence-electron chi connectivity index (χ4n) is 3.26. The van der Waals surface area contributed by atoms with Crippen LogP contribution in [0.15, 0.2) is 0 Å². The van der Waals surface area contributed by atoms with Crippen molar-refractivity contribution < 1.29 is 8.42 Å². The van der Waals surface area contributed by atoms with Crippen molar-refractivity contribution in [3.63, 3.8) is 0 Å². The van der Waals surface area contributed by atoms with E-state index in [0.717, 1.165) is 25.9 Å². The Morgan fingerprint density at radius 3 is 2.18 bits per heavy atom. The Morgan fingerprint density at radius 1 is 1.06 bits per heavy atom. The summed E-state index contributed by atoms with van der Waals surface area (Å²) in [6.07, 6.45) is 7.99. The molecule has 5 heteroatoms. The van der Waals surface area contributed by atoms with Gasteiger partial charge in [0.15, 0.2) is 0 Å². The monoisotopic (exact) mass is 260 g/mol. The van der Waals surface area contributed by atoms with Crippen molar-refractivity contribution in [3.05, 3.63) is 0 Å². The maximum absolute atomic E-state index is 12.0. The van der Waals surface area contributed by atoms with E-state index in [-0.39, 0.29) is 5.75 Å². The van der Waals surface area contributed by atoms with Crippen LogP contribution < -0.4 is 5.73 Å². The molecule has 0 aromatic heterocycles. The third-order valence-corrected chi connectivity index (χ3v) is 6.40. The van der Waals surface area contributed by atoms with Crippen molar-refractivity contribution in [2.45, 2.75) is 44.9 Å². The standard InChI is InChI=1S/C12H24N2O2S/c13-8-3-11-17(15,16)14-9-6-12(7-10-14)4-1-2-5-12/h1-11,13H2. The fourth-order valence-corrected chi connectivity index (χ4v) is 4.79. The highest BCUT2D eigenvalue weighted by Crippen LogP contribution is 2.46. The summed E-state index contributed by atoms with van der Waals surface area (Å²) in [4.78, 5) is 0. The van der Waals surface area contributed by atoms with Crippen LogP contribution in [0.5, 0.6) is 0 Å². The summed E-state index contributed by atoms with van der Waals surface area (Å²) in [5, 5.41) is 0. The third kappa shape index (κ3) is 3.01. The maximum atomic E-state index is 12.0. The van der Waals surface area contributed by atoms with Crippen LogP contribution in [-0.4, -0.2) is 38.1 Å². The van der Waals surface area contributed by atoms with Gasteiger partial charge in [-0.2, -0.15) is 0 Å². The van der Waals surface area contributed by atoms with E-state index in [1.807, 2.05) is 0 Å². The Kier molecular flexibility index (Phi) is 4.10. The summed E-state index contributed by atoms with van der Waals surface area (Å²) in [6.45, 7) is 1.91. The van der Waals surface area contributed by atoms with Crippen molar-refractivity contribution in [2.75, 3.05) is 25.4 Å². The van der Waals surface area contributed by atoms with Crippen LogP contribution in [0.4, 0.5) is 0 Å². The van der Waals surface area contributed by atoms with Gasteiger partial charge < -0.3 is 5.73 Å². The highest BCUT2D eigenvalue weighted by molar-refractivity contribution is 7.89. The van der Waals surface area contributed by atoms with Gasteiger partial charge in [-0.25, -0.2) is 12.7 Å². The lowest BCUT2D eigenvalue weighted by molar-refractivity contribution is 0.160. The molecule has 0 amide bonds. The van der Waals surface area contributed by atoms with E-state index in [1.54, 1.807) is 4.31 Å². The Labute approximate surface area is 105 Å². The molecule has 0 bridgehead atoms. The van der Waals surface area contributed by atoms with Gasteiger partial charge in [-0.1, -0.05) is 12.8 Å². The number of hydrogen-bond acceptors (Lipinski definition) is 3. The SMILES string of the molecule is NCCCS(=O)(=O)N1CCC2(CCCC2)CC1. The van der Waals surface area contributed by atoms with Gasteiger partial charge in [-0.05, 0) is 44.1 Å². The van der Waals surface area contributed by atoms with Gasteiger partial charge in [0.25, 0.3) is 0 Å². The van der Waals surface area contributed by atoms with Crippen LogP contribution in [-0.2, 0) is 10.0 Å². The van der Waals surface area contributed by atoms with E-state index >= 15 is 0 Å². The van der Waals surface area contributed by atoms with Gasteiger partial charge in [-0.15, -0.1) is 0 Å². The first-order valence-electron chi connectivity index (χ1n) is 6.76. The average molecular weight is 260 g/mol. The highest BCUT2D eigenvalue weighted by atomic mass is 32.2. The predicted octanol–water partition coefficient (Wildman–Crippen LogP) is 1.32. The van der Waals surface area contributed by atoms with E-state index in [0.29, 0.717) is 18.4 Å². The number of rotatable bonds is 4. The molecule has 4 nitrogen and oxygen atoms in total. The Bertz CT molecular complexity index is 338. The molecule has 0 radical (unpaired) electrons. The molecule has 2 N–H and O–H groups in total. The summed E-state index contributed by atoms with van der Waals surface area (Å²) in [5.41, 5.74) is 5.86. The summed E-state index contributed by atoms with van der Waals surface area (Å²) in [6, 6.07) is 0. The smallest absolute Gasteiger partial charge is 0.214 e. The van der Waals surface area contributed by atoms with Gasteiger partial charge in [0, 0.05) is 13.1 Å². The van der Waals surface area contributed by atoms with Crippen LogP contribution in [0.25, 0.3) is 0 Å². The Morgan fingerprint density at radius 2 is 1.65 bits per heavy atom. The molecular weight excluding hydrogens is 236 g/mol. The summed E-state index contributed by atoms with van der Waals surface area (Å²) >= 11 is 0. The molecular formula is C12H24N2O2S. The topological polar surface area (TPSA) is 63.4 Å². The molecule has 0 unspecified atom stereocenters. The average Bonchev–Trinajstić information content (AvgIpc) is 2.76. The van der Waals surface area contributed by atoms with E-state index < -0.39 is 10.0 Å². The fraction of sp³-hybridized carbons (Fsp3) is 1.00. The van der Waals surface area contributed by atoms with E-state index in [1.165, 1.54) is 25.7 Å². The summed E-state index contributed by atoms with van der Waals surface area (Å²) < 4.78 is 25.7. The lowest BCUT2D eigenvalue weighted by Gasteiger charge is -2.38. The summed E-state index contributed by atoms with van der Waals surface area (Å²) in [7, 11) is -3.04. The molecule has 2 aliphatic rings. The van der Waals surface area contributed by atoms with Crippen molar-refractivity contribution in [3.8, 4) is 0 Å². The second kappa shape index (κ2) is 5.24. The molecule has 1 aliphatic carbocycles.